The van der Waals surface area contributed by atoms with Crippen molar-refractivity contribution in [1.82, 2.24) is 15.5 Å². The van der Waals surface area contributed by atoms with Crippen molar-refractivity contribution in [3.05, 3.63) is 35.6 Å². The Morgan fingerprint density at radius 2 is 2.04 bits per heavy atom. The lowest BCUT2D eigenvalue weighted by molar-refractivity contribution is 0.180. The molecule has 7 heteroatoms. The first kappa shape index (κ1) is 25.1. The SMILES string of the molecule is CCNC(=NCCCc1cccc(F)c1)NCCN(C)CCCOC.I. The largest absolute Gasteiger partial charge is 0.385 e. The first-order valence-electron chi connectivity index (χ1n) is 9.09. The predicted molar refractivity (Wildman–Crippen MR) is 118 cm³/mol. The van der Waals surface area contributed by atoms with Gasteiger partial charge in [0.1, 0.15) is 5.82 Å². The Kier molecular flexibility index (Phi) is 15.7. The number of hydrogen-bond acceptors (Lipinski definition) is 3. The zero-order chi connectivity index (χ0) is 18.3. The lowest BCUT2D eigenvalue weighted by atomic mass is 10.1. The molecule has 0 radical (unpaired) electrons. The average molecular weight is 480 g/mol. The van der Waals surface area contributed by atoms with E-state index in [4.69, 9.17) is 4.74 Å². The predicted octanol–water partition coefficient (Wildman–Crippen LogP) is 2.90. The van der Waals surface area contributed by atoms with Gasteiger partial charge in [-0.05, 0) is 50.9 Å². The van der Waals surface area contributed by atoms with Crippen molar-refractivity contribution >= 4 is 29.9 Å². The molecule has 2 N–H and O–H groups in total. The molecule has 0 spiro atoms. The number of nitrogens with one attached hydrogen (secondary N) is 2. The minimum atomic E-state index is -0.175. The summed E-state index contributed by atoms with van der Waals surface area (Å²) in [5.41, 5.74) is 1.02. The molecule has 0 saturated heterocycles. The third kappa shape index (κ3) is 12.4. The Labute approximate surface area is 174 Å². The minimum absolute atomic E-state index is 0. The van der Waals surface area contributed by atoms with Crippen molar-refractivity contribution in [2.24, 2.45) is 4.99 Å². The van der Waals surface area contributed by atoms with Crippen LogP contribution in [0.2, 0.25) is 0 Å². The zero-order valence-electron chi connectivity index (χ0n) is 16.3. The zero-order valence-corrected chi connectivity index (χ0v) is 18.6. The van der Waals surface area contributed by atoms with Crippen LogP contribution < -0.4 is 10.6 Å². The van der Waals surface area contributed by atoms with Crippen molar-refractivity contribution in [1.29, 1.82) is 0 Å². The number of halogens is 2. The third-order valence-electron chi connectivity index (χ3n) is 3.80. The van der Waals surface area contributed by atoms with E-state index in [9.17, 15) is 4.39 Å². The van der Waals surface area contributed by atoms with Crippen molar-refractivity contribution in [3.8, 4) is 0 Å². The summed E-state index contributed by atoms with van der Waals surface area (Å²) in [5, 5.41) is 6.61. The van der Waals surface area contributed by atoms with Crippen LogP contribution in [-0.4, -0.2) is 64.3 Å². The van der Waals surface area contributed by atoms with E-state index in [1.807, 2.05) is 6.07 Å². The van der Waals surface area contributed by atoms with Crippen LogP contribution >= 0.6 is 24.0 Å². The van der Waals surface area contributed by atoms with E-state index in [0.29, 0.717) is 0 Å². The molecule has 26 heavy (non-hydrogen) atoms. The molecule has 0 aliphatic heterocycles. The third-order valence-corrected chi connectivity index (χ3v) is 3.80. The number of benzene rings is 1. The average Bonchev–Trinajstić information content (AvgIpc) is 2.59. The standard InChI is InChI=1S/C19H33FN4O.HI/c1-4-21-19(23-12-14-24(2)13-7-15-25-3)22-11-6-9-17-8-5-10-18(20)16-17;/h5,8,10,16H,4,6-7,9,11-15H2,1-3H3,(H2,21,22,23);1H. The van der Waals surface area contributed by atoms with E-state index in [1.54, 1.807) is 19.2 Å². The molecular weight excluding hydrogens is 446 g/mol. The Hall–Kier alpha value is -0.930. The van der Waals surface area contributed by atoms with Gasteiger partial charge < -0.3 is 20.3 Å². The fourth-order valence-corrected chi connectivity index (χ4v) is 2.46. The highest BCUT2D eigenvalue weighted by atomic mass is 127. The van der Waals surface area contributed by atoms with Crippen LogP contribution in [-0.2, 0) is 11.2 Å². The minimum Gasteiger partial charge on any atom is -0.385 e. The molecule has 1 aromatic rings. The molecule has 0 heterocycles. The summed E-state index contributed by atoms with van der Waals surface area (Å²) < 4.78 is 18.2. The number of ether oxygens (including phenoxy) is 1. The second kappa shape index (κ2) is 16.3. The Morgan fingerprint density at radius 1 is 1.23 bits per heavy atom. The molecule has 0 aromatic heterocycles. The molecule has 0 amide bonds. The quantitative estimate of drug-likeness (QED) is 0.209. The van der Waals surface area contributed by atoms with Crippen LogP contribution in [0.4, 0.5) is 4.39 Å². The van der Waals surface area contributed by atoms with Crippen molar-refractivity contribution in [2.75, 3.05) is 53.5 Å². The second-order valence-corrected chi connectivity index (χ2v) is 6.07. The van der Waals surface area contributed by atoms with Gasteiger partial charge in [-0.25, -0.2) is 4.39 Å². The van der Waals surface area contributed by atoms with E-state index in [0.717, 1.165) is 70.1 Å². The number of hydrogen-bond donors (Lipinski definition) is 2. The number of aryl methyl sites for hydroxylation is 1. The maximum atomic E-state index is 13.1. The molecule has 5 nitrogen and oxygen atoms in total. The highest BCUT2D eigenvalue weighted by molar-refractivity contribution is 14.0. The molecule has 0 unspecified atom stereocenters. The maximum absolute atomic E-state index is 13.1. The van der Waals surface area contributed by atoms with E-state index in [2.05, 4.69) is 34.5 Å². The van der Waals surface area contributed by atoms with Gasteiger partial charge in [-0.15, -0.1) is 24.0 Å². The van der Waals surface area contributed by atoms with Gasteiger partial charge in [0.2, 0.25) is 0 Å². The van der Waals surface area contributed by atoms with Crippen LogP contribution in [0.5, 0.6) is 0 Å². The van der Waals surface area contributed by atoms with Crippen molar-refractivity contribution < 1.29 is 9.13 Å². The van der Waals surface area contributed by atoms with Crippen LogP contribution in [0.15, 0.2) is 29.3 Å². The second-order valence-electron chi connectivity index (χ2n) is 6.07. The molecule has 0 fully saturated rings. The number of guanidine groups is 1. The molecule has 0 aliphatic carbocycles. The fourth-order valence-electron chi connectivity index (χ4n) is 2.46. The maximum Gasteiger partial charge on any atom is 0.191 e. The summed E-state index contributed by atoms with van der Waals surface area (Å²) in [6.45, 7) is 7.23. The molecule has 0 bridgehead atoms. The smallest absolute Gasteiger partial charge is 0.191 e. The van der Waals surface area contributed by atoms with Gasteiger partial charge in [0.25, 0.3) is 0 Å². The van der Waals surface area contributed by atoms with Gasteiger partial charge in [0, 0.05) is 46.4 Å². The Bertz CT molecular complexity index is 502. The van der Waals surface area contributed by atoms with E-state index in [1.165, 1.54) is 6.07 Å². The van der Waals surface area contributed by atoms with Crippen LogP contribution in [0.3, 0.4) is 0 Å². The van der Waals surface area contributed by atoms with E-state index >= 15 is 0 Å². The number of likely N-dealkylation sites (N-methyl/N-ethyl adjacent to an activating group) is 1. The highest BCUT2D eigenvalue weighted by Crippen LogP contribution is 2.06. The fraction of sp³-hybridized carbons (Fsp3) is 0.632. The molecule has 0 saturated carbocycles. The van der Waals surface area contributed by atoms with E-state index in [-0.39, 0.29) is 29.8 Å². The molecule has 0 atom stereocenters. The van der Waals surface area contributed by atoms with Gasteiger partial charge in [-0.3, -0.25) is 4.99 Å². The summed E-state index contributed by atoms with van der Waals surface area (Å²) in [6.07, 6.45) is 2.78. The lowest BCUT2D eigenvalue weighted by Crippen LogP contribution is -2.41. The summed E-state index contributed by atoms with van der Waals surface area (Å²) in [6, 6.07) is 6.77. The Balaban J connectivity index is 0.00000625. The van der Waals surface area contributed by atoms with Gasteiger partial charge in [-0.1, -0.05) is 12.1 Å². The summed E-state index contributed by atoms with van der Waals surface area (Å²) in [7, 11) is 3.84. The molecule has 1 rings (SSSR count). The van der Waals surface area contributed by atoms with Crippen molar-refractivity contribution in [3.63, 3.8) is 0 Å². The Morgan fingerprint density at radius 3 is 2.73 bits per heavy atom. The van der Waals surface area contributed by atoms with Gasteiger partial charge in [0.15, 0.2) is 5.96 Å². The van der Waals surface area contributed by atoms with Crippen LogP contribution in [0.1, 0.15) is 25.3 Å². The molecule has 0 aliphatic rings. The molecule has 1 aromatic carbocycles. The summed E-state index contributed by atoms with van der Waals surface area (Å²) in [4.78, 5) is 6.86. The number of aliphatic imine (C=N–C) groups is 1. The number of nitrogens with zero attached hydrogens (tertiary/aromatic N) is 2. The van der Waals surface area contributed by atoms with Gasteiger partial charge >= 0.3 is 0 Å². The summed E-state index contributed by atoms with van der Waals surface area (Å²) >= 11 is 0. The normalized spacial score (nSPS) is 11.3. The van der Waals surface area contributed by atoms with Crippen LogP contribution in [0, 0.1) is 5.82 Å². The highest BCUT2D eigenvalue weighted by Gasteiger charge is 2.01. The first-order chi connectivity index (χ1) is 12.2. The van der Waals surface area contributed by atoms with Crippen LogP contribution in [0.25, 0.3) is 0 Å². The van der Waals surface area contributed by atoms with Gasteiger partial charge in [-0.2, -0.15) is 0 Å². The van der Waals surface area contributed by atoms with E-state index < -0.39 is 0 Å². The monoisotopic (exact) mass is 480 g/mol. The molecular formula is C19H34FIN4O. The number of rotatable bonds is 12. The first-order valence-corrected chi connectivity index (χ1v) is 9.09. The van der Waals surface area contributed by atoms with Gasteiger partial charge in [0.05, 0.1) is 0 Å². The molecule has 150 valence electrons. The number of methoxy groups -OCH3 is 1. The summed E-state index contributed by atoms with van der Waals surface area (Å²) in [5.74, 6) is 0.664. The topological polar surface area (TPSA) is 48.9 Å². The van der Waals surface area contributed by atoms with Crippen molar-refractivity contribution in [2.45, 2.75) is 26.2 Å². The lowest BCUT2D eigenvalue weighted by Gasteiger charge is -2.18.